The molecular formula is C17H21N3OS2. The first-order chi connectivity index (χ1) is 11.2. The lowest BCUT2D eigenvalue weighted by molar-refractivity contribution is 0.0216. The van der Waals surface area contributed by atoms with Gasteiger partial charge in [0.1, 0.15) is 10.7 Å². The minimum atomic E-state index is -0.0267. The molecule has 3 aliphatic rings. The molecule has 23 heavy (non-hydrogen) atoms. The molecular weight excluding hydrogens is 326 g/mol. The van der Waals surface area contributed by atoms with Crippen molar-refractivity contribution in [3.63, 3.8) is 0 Å². The molecule has 0 spiro atoms. The molecule has 0 aliphatic carbocycles. The number of hydrogen-bond donors (Lipinski definition) is 1. The molecule has 0 saturated carbocycles. The Labute approximate surface area is 144 Å². The van der Waals surface area contributed by atoms with Crippen LogP contribution in [0.2, 0.25) is 0 Å². The van der Waals surface area contributed by atoms with E-state index >= 15 is 0 Å². The molecule has 1 N–H and O–H groups in total. The van der Waals surface area contributed by atoms with Gasteiger partial charge in [0.2, 0.25) is 0 Å². The number of nitrogens with zero attached hydrogens (tertiary/aromatic N) is 2. The van der Waals surface area contributed by atoms with Crippen molar-refractivity contribution in [1.82, 2.24) is 15.2 Å². The molecule has 6 heteroatoms. The van der Waals surface area contributed by atoms with E-state index in [1.807, 2.05) is 12.3 Å². The molecule has 1 amide bonds. The number of hydrogen-bond acceptors (Lipinski definition) is 5. The van der Waals surface area contributed by atoms with Crippen molar-refractivity contribution in [2.24, 2.45) is 5.92 Å². The van der Waals surface area contributed by atoms with E-state index in [2.05, 4.69) is 33.6 Å². The van der Waals surface area contributed by atoms with Gasteiger partial charge in [0.05, 0.1) is 0 Å². The van der Waals surface area contributed by atoms with Crippen molar-refractivity contribution in [2.45, 2.75) is 36.9 Å². The molecule has 0 radical (unpaired) electrons. The quantitative estimate of drug-likeness (QED) is 0.866. The Bertz CT molecular complexity index is 735. The minimum absolute atomic E-state index is 0.0267. The summed E-state index contributed by atoms with van der Waals surface area (Å²) in [6.45, 7) is 4.59. The van der Waals surface area contributed by atoms with Crippen LogP contribution in [0.4, 0.5) is 0 Å². The third-order valence-corrected chi connectivity index (χ3v) is 6.88. The molecule has 0 unspecified atom stereocenters. The van der Waals surface area contributed by atoms with Gasteiger partial charge in [-0.2, -0.15) is 0 Å². The van der Waals surface area contributed by atoms with Crippen LogP contribution in [0.1, 0.15) is 30.3 Å². The Morgan fingerprint density at radius 3 is 2.91 bits per heavy atom. The fraction of sp³-hybridized carbons (Fsp3) is 0.529. The predicted molar refractivity (Wildman–Crippen MR) is 96.4 cm³/mol. The van der Waals surface area contributed by atoms with Crippen LogP contribution in [0.25, 0.3) is 10.1 Å². The zero-order chi connectivity index (χ0) is 16.0. The van der Waals surface area contributed by atoms with Gasteiger partial charge in [0.25, 0.3) is 5.91 Å². The highest BCUT2D eigenvalue weighted by molar-refractivity contribution is 7.98. The highest BCUT2D eigenvalue weighted by Crippen LogP contribution is 2.33. The van der Waals surface area contributed by atoms with Crippen molar-refractivity contribution in [3.8, 4) is 0 Å². The molecule has 4 nitrogen and oxygen atoms in total. The maximum absolute atomic E-state index is 12.8. The predicted octanol–water partition coefficient (Wildman–Crippen LogP) is 3.23. The van der Waals surface area contributed by atoms with Crippen LogP contribution in [-0.4, -0.2) is 47.2 Å². The summed E-state index contributed by atoms with van der Waals surface area (Å²) in [5.74, 6) is 0.589. The van der Waals surface area contributed by atoms with Crippen LogP contribution in [0.3, 0.4) is 0 Å². The first-order valence-electron chi connectivity index (χ1n) is 8.14. The number of thiophene rings is 1. The van der Waals surface area contributed by atoms with Crippen LogP contribution in [0.15, 0.2) is 22.5 Å². The van der Waals surface area contributed by atoms with Crippen LogP contribution < -0.4 is 5.32 Å². The number of amides is 1. The Kier molecular flexibility index (Phi) is 4.07. The molecule has 2 aromatic rings. The number of rotatable bonds is 3. The van der Waals surface area contributed by atoms with E-state index in [1.54, 1.807) is 23.1 Å². The molecule has 3 fully saturated rings. The van der Waals surface area contributed by atoms with Gasteiger partial charge in [-0.3, -0.25) is 9.69 Å². The van der Waals surface area contributed by atoms with E-state index in [-0.39, 0.29) is 11.9 Å². The summed E-state index contributed by atoms with van der Waals surface area (Å²) in [5.41, 5.74) is 0.549. The molecule has 3 aliphatic heterocycles. The zero-order valence-electron chi connectivity index (χ0n) is 13.4. The standard InChI is InChI=1S/C17H21N3OS2/c1-10-15(11-3-6-20(10)7-4-11)19-16(21)13-9-14-12(5-8-23-14)17(18-13)22-2/h5,8-11,15H,3-4,6-7H2,1-2H3,(H,19,21)/t10-,15-/m0/s1. The number of carbonyl (C=O) groups excluding carboxylic acids is 1. The number of aromatic nitrogens is 1. The van der Waals surface area contributed by atoms with E-state index in [1.165, 1.54) is 25.9 Å². The van der Waals surface area contributed by atoms with E-state index in [4.69, 9.17) is 0 Å². The van der Waals surface area contributed by atoms with Gasteiger partial charge in [-0.05, 0) is 62.5 Å². The van der Waals surface area contributed by atoms with Crippen LogP contribution >= 0.6 is 23.1 Å². The molecule has 3 saturated heterocycles. The van der Waals surface area contributed by atoms with Crippen LogP contribution in [-0.2, 0) is 0 Å². The molecule has 2 bridgehead atoms. The van der Waals surface area contributed by atoms with Crippen molar-refractivity contribution in [3.05, 3.63) is 23.2 Å². The molecule has 5 heterocycles. The topological polar surface area (TPSA) is 45.2 Å². The Hall–Kier alpha value is -1.11. The lowest BCUT2D eigenvalue weighted by Gasteiger charge is -2.49. The maximum atomic E-state index is 12.8. The summed E-state index contributed by atoms with van der Waals surface area (Å²) in [4.78, 5) is 19.9. The third-order valence-electron chi connectivity index (χ3n) is 5.32. The summed E-state index contributed by atoms with van der Waals surface area (Å²) in [6, 6.07) is 4.69. The largest absolute Gasteiger partial charge is 0.346 e. The van der Waals surface area contributed by atoms with Gasteiger partial charge < -0.3 is 5.32 Å². The summed E-state index contributed by atoms with van der Waals surface area (Å²) >= 11 is 3.27. The zero-order valence-corrected chi connectivity index (χ0v) is 15.0. The first-order valence-corrected chi connectivity index (χ1v) is 10.2. The van der Waals surface area contributed by atoms with Gasteiger partial charge >= 0.3 is 0 Å². The number of thioether (sulfide) groups is 1. The molecule has 0 aromatic carbocycles. The van der Waals surface area contributed by atoms with E-state index in [0.717, 1.165) is 15.1 Å². The number of carbonyl (C=O) groups is 1. The number of nitrogens with one attached hydrogen (secondary N) is 1. The monoisotopic (exact) mass is 347 g/mol. The Morgan fingerprint density at radius 2 is 2.22 bits per heavy atom. The average Bonchev–Trinajstić information content (AvgIpc) is 3.06. The fourth-order valence-electron chi connectivity index (χ4n) is 3.98. The second-order valence-corrected chi connectivity index (χ2v) is 8.21. The summed E-state index contributed by atoms with van der Waals surface area (Å²) in [7, 11) is 0. The summed E-state index contributed by atoms with van der Waals surface area (Å²) in [6.07, 6.45) is 4.40. The number of pyridine rings is 1. The lowest BCUT2D eigenvalue weighted by Crippen LogP contribution is -2.62. The Morgan fingerprint density at radius 1 is 1.43 bits per heavy atom. The molecule has 122 valence electrons. The summed E-state index contributed by atoms with van der Waals surface area (Å²) < 4.78 is 1.14. The first kappa shape index (κ1) is 15.4. The van der Waals surface area contributed by atoms with Gasteiger partial charge in [-0.25, -0.2) is 4.98 Å². The van der Waals surface area contributed by atoms with E-state index in [0.29, 0.717) is 17.7 Å². The van der Waals surface area contributed by atoms with Crippen LogP contribution in [0.5, 0.6) is 0 Å². The van der Waals surface area contributed by atoms with E-state index < -0.39 is 0 Å². The molecule has 5 rings (SSSR count). The SMILES string of the molecule is CSc1nc(C(=O)N[C@@H]2C3CCN(CC3)[C@H]2C)cc2sccc12. The smallest absolute Gasteiger partial charge is 0.270 e. The van der Waals surface area contributed by atoms with Crippen molar-refractivity contribution in [1.29, 1.82) is 0 Å². The normalized spacial score (nSPS) is 29.8. The molecule has 2 atom stereocenters. The number of piperidine rings is 3. The highest BCUT2D eigenvalue weighted by atomic mass is 32.2. The second-order valence-electron chi connectivity index (χ2n) is 6.46. The van der Waals surface area contributed by atoms with Gasteiger partial charge in [-0.15, -0.1) is 23.1 Å². The van der Waals surface area contributed by atoms with Crippen molar-refractivity contribution in [2.75, 3.05) is 19.3 Å². The molecule has 2 aromatic heterocycles. The maximum Gasteiger partial charge on any atom is 0.270 e. The van der Waals surface area contributed by atoms with Crippen molar-refractivity contribution >= 4 is 39.1 Å². The summed E-state index contributed by atoms with van der Waals surface area (Å²) in [5, 5.41) is 7.42. The average molecular weight is 348 g/mol. The van der Waals surface area contributed by atoms with Gasteiger partial charge in [0, 0.05) is 22.2 Å². The van der Waals surface area contributed by atoms with Crippen LogP contribution in [0, 0.1) is 5.92 Å². The van der Waals surface area contributed by atoms with Gasteiger partial charge in [-0.1, -0.05) is 0 Å². The van der Waals surface area contributed by atoms with Crippen molar-refractivity contribution < 1.29 is 4.79 Å². The van der Waals surface area contributed by atoms with E-state index in [9.17, 15) is 4.79 Å². The lowest BCUT2D eigenvalue weighted by atomic mass is 9.79. The third kappa shape index (κ3) is 2.66. The van der Waals surface area contributed by atoms with Gasteiger partial charge in [0.15, 0.2) is 0 Å². The minimum Gasteiger partial charge on any atom is -0.346 e. The second kappa shape index (κ2) is 6.07. The Balaban J connectivity index is 1.59. The highest BCUT2D eigenvalue weighted by Gasteiger charge is 2.40. The number of fused-ring (bicyclic) bond motifs is 4. The fourth-order valence-corrected chi connectivity index (χ4v) is 5.45.